The van der Waals surface area contributed by atoms with Gasteiger partial charge in [0.05, 0.1) is 18.8 Å². The highest BCUT2D eigenvalue weighted by atomic mass is 19.1. The lowest BCUT2D eigenvalue weighted by Crippen LogP contribution is -2.61. The Morgan fingerprint density at radius 2 is 1.69 bits per heavy atom. The SMILES string of the molecule is CCOC(=O)[C@@]1(F)[C@@H]2C[C@@H](O[C@H](C)c3ccc4ccccc4c3)[C@@](N)(C(=O)OCc3ccccc3)[C@@H]21. The van der Waals surface area contributed by atoms with Crippen molar-refractivity contribution in [3.63, 3.8) is 0 Å². The molecule has 3 aromatic carbocycles. The first kappa shape index (κ1) is 24.4. The van der Waals surface area contributed by atoms with Crippen molar-refractivity contribution >= 4 is 22.7 Å². The second kappa shape index (κ2) is 9.30. The van der Waals surface area contributed by atoms with Gasteiger partial charge in [-0.15, -0.1) is 0 Å². The van der Waals surface area contributed by atoms with Crippen LogP contribution in [-0.4, -0.2) is 35.9 Å². The highest BCUT2D eigenvalue weighted by molar-refractivity contribution is 5.92. The molecule has 36 heavy (non-hydrogen) atoms. The van der Waals surface area contributed by atoms with Gasteiger partial charge in [-0.3, -0.25) is 0 Å². The zero-order valence-corrected chi connectivity index (χ0v) is 20.4. The van der Waals surface area contributed by atoms with Gasteiger partial charge in [0.15, 0.2) is 0 Å². The molecule has 6 nitrogen and oxygen atoms in total. The first-order valence-corrected chi connectivity index (χ1v) is 12.3. The fourth-order valence-electron chi connectivity index (χ4n) is 5.62. The van der Waals surface area contributed by atoms with Crippen LogP contribution in [0, 0.1) is 11.8 Å². The quantitative estimate of drug-likeness (QED) is 0.462. The van der Waals surface area contributed by atoms with Gasteiger partial charge in [0.2, 0.25) is 5.67 Å². The normalized spacial score (nSPS) is 29.4. The fourth-order valence-corrected chi connectivity index (χ4v) is 5.62. The minimum absolute atomic E-state index is 0.0123. The van der Waals surface area contributed by atoms with E-state index in [1.54, 1.807) is 6.92 Å². The molecule has 3 aromatic rings. The fraction of sp³-hybridized carbons (Fsp3) is 0.379. The number of benzene rings is 3. The third-order valence-corrected chi connectivity index (χ3v) is 7.57. The van der Waals surface area contributed by atoms with Gasteiger partial charge in [-0.2, -0.15) is 0 Å². The Bertz CT molecular complexity index is 1280. The number of carbonyl (C=O) groups excluding carboxylic acids is 2. The van der Waals surface area contributed by atoms with Crippen molar-refractivity contribution in [3.8, 4) is 0 Å². The van der Waals surface area contributed by atoms with Crippen LogP contribution in [0.5, 0.6) is 0 Å². The summed E-state index contributed by atoms with van der Waals surface area (Å²) in [5.74, 6) is -3.59. The van der Waals surface area contributed by atoms with E-state index in [0.717, 1.165) is 21.9 Å². The van der Waals surface area contributed by atoms with E-state index in [9.17, 15) is 9.59 Å². The molecule has 0 aliphatic heterocycles. The smallest absolute Gasteiger partial charge is 0.344 e. The molecule has 0 radical (unpaired) electrons. The maximum absolute atomic E-state index is 15.8. The Balaban J connectivity index is 1.39. The van der Waals surface area contributed by atoms with Crippen molar-refractivity contribution in [3.05, 3.63) is 83.9 Å². The molecule has 2 aliphatic carbocycles. The van der Waals surface area contributed by atoms with Gasteiger partial charge in [-0.05, 0) is 48.2 Å². The highest BCUT2D eigenvalue weighted by Gasteiger charge is 2.85. The number of esters is 2. The lowest BCUT2D eigenvalue weighted by Gasteiger charge is -2.35. The molecule has 188 valence electrons. The Morgan fingerprint density at radius 3 is 2.42 bits per heavy atom. The summed E-state index contributed by atoms with van der Waals surface area (Å²) < 4.78 is 32.7. The number of halogens is 1. The molecule has 2 aliphatic rings. The predicted molar refractivity (Wildman–Crippen MR) is 132 cm³/mol. The molecule has 5 rings (SSSR count). The second-order valence-electron chi connectivity index (χ2n) is 9.68. The van der Waals surface area contributed by atoms with Crippen LogP contribution in [0.3, 0.4) is 0 Å². The zero-order valence-electron chi connectivity index (χ0n) is 20.4. The molecule has 0 amide bonds. The van der Waals surface area contributed by atoms with Crippen LogP contribution in [0.1, 0.15) is 37.5 Å². The number of nitrogens with two attached hydrogens (primary N) is 1. The van der Waals surface area contributed by atoms with Gasteiger partial charge in [0, 0.05) is 11.8 Å². The molecule has 0 bridgehead atoms. The van der Waals surface area contributed by atoms with Gasteiger partial charge < -0.3 is 19.9 Å². The summed E-state index contributed by atoms with van der Waals surface area (Å²) in [5, 5.41) is 2.16. The molecular formula is C29H30FNO5. The Kier molecular flexibility index (Phi) is 6.30. The number of alkyl halides is 1. The molecule has 0 unspecified atom stereocenters. The van der Waals surface area contributed by atoms with Crippen LogP contribution in [0.2, 0.25) is 0 Å². The van der Waals surface area contributed by atoms with Crippen LogP contribution in [0.4, 0.5) is 4.39 Å². The van der Waals surface area contributed by atoms with Crippen molar-refractivity contribution in [2.45, 2.75) is 50.3 Å². The second-order valence-corrected chi connectivity index (χ2v) is 9.68. The first-order valence-electron chi connectivity index (χ1n) is 12.3. The van der Waals surface area contributed by atoms with E-state index in [4.69, 9.17) is 19.9 Å². The minimum atomic E-state index is -2.32. The molecule has 7 heteroatoms. The van der Waals surface area contributed by atoms with Crippen molar-refractivity contribution in [1.82, 2.24) is 0 Å². The molecule has 0 spiro atoms. The van der Waals surface area contributed by atoms with Gasteiger partial charge in [0.1, 0.15) is 12.1 Å². The van der Waals surface area contributed by atoms with E-state index >= 15 is 4.39 Å². The third-order valence-electron chi connectivity index (χ3n) is 7.57. The molecule has 2 N–H and O–H groups in total. The van der Waals surface area contributed by atoms with Crippen LogP contribution in [-0.2, 0) is 30.4 Å². The van der Waals surface area contributed by atoms with E-state index < -0.39 is 47.2 Å². The van der Waals surface area contributed by atoms with Crippen LogP contribution < -0.4 is 5.73 Å². The van der Waals surface area contributed by atoms with Gasteiger partial charge in [-0.1, -0.05) is 66.7 Å². The molecular weight excluding hydrogens is 461 g/mol. The number of hydrogen-bond acceptors (Lipinski definition) is 6. The lowest BCUT2D eigenvalue weighted by molar-refractivity contribution is -0.165. The summed E-state index contributed by atoms with van der Waals surface area (Å²) in [6.45, 7) is 3.51. The molecule has 6 atom stereocenters. The maximum atomic E-state index is 15.8. The van der Waals surface area contributed by atoms with Crippen molar-refractivity contribution in [1.29, 1.82) is 0 Å². The summed E-state index contributed by atoms with van der Waals surface area (Å²) in [7, 11) is 0. The molecule has 2 fully saturated rings. The number of hydrogen-bond donors (Lipinski definition) is 1. The van der Waals surface area contributed by atoms with Crippen molar-refractivity contribution in [2.75, 3.05) is 6.61 Å². The van der Waals surface area contributed by atoms with Crippen molar-refractivity contribution in [2.24, 2.45) is 17.6 Å². The van der Waals surface area contributed by atoms with E-state index in [2.05, 4.69) is 0 Å². The predicted octanol–water partition coefficient (Wildman–Crippen LogP) is 4.65. The minimum Gasteiger partial charge on any atom is -0.464 e. The largest absolute Gasteiger partial charge is 0.464 e. The average Bonchev–Trinajstić information content (AvgIpc) is 3.38. The van der Waals surface area contributed by atoms with Gasteiger partial charge in [0.25, 0.3) is 0 Å². The van der Waals surface area contributed by atoms with E-state index in [-0.39, 0.29) is 19.6 Å². The van der Waals surface area contributed by atoms with Crippen LogP contribution >= 0.6 is 0 Å². The van der Waals surface area contributed by atoms with E-state index in [0.29, 0.717) is 0 Å². The summed E-state index contributed by atoms with van der Waals surface area (Å²) in [4.78, 5) is 25.9. The summed E-state index contributed by atoms with van der Waals surface area (Å²) in [5.41, 5.74) is 4.22. The average molecular weight is 492 g/mol. The van der Waals surface area contributed by atoms with E-state index in [1.807, 2.05) is 79.7 Å². The first-order chi connectivity index (χ1) is 17.3. The van der Waals surface area contributed by atoms with E-state index in [1.165, 1.54) is 0 Å². The van der Waals surface area contributed by atoms with Crippen LogP contribution in [0.15, 0.2) is 72.8 Å². The number of ether oxygens (including phenoxy) is 3. The standard InChI is InChI=1S/C29H30FNO5/c1-3-34-26(32)28(30)23-16-24(36-18(2)21-14-13-20-11-7-8-12-22(20)15-21)29(31,25(23)28)27(33)35-17-19-9-5-4-6-10-19/h4-15,18,23-25H,3,16-17,31H2,1-2H3/t18-,23-,24-,25+,28-,29+/m1/s1. The lowest BCUT2D eigenvalue weighted by atomic mass is 9.87. The highest BCUT2D eigenvalue weighted by Crippen LogP contribution is 2.68. The zero-order chi connectivity index (χ0) is 25.5. The van der Waals surface area contributed by atoms with Gasteiger partial charge in [-0.25, -0.2) is 14.0 Å². The monoisotopic (exact) mass is 491 g/mol. The van der Waals surface area contributed by atoms with Gasteiger partial charge >= 0.3 is 11.9 Å². The topological polar surface area (TPSA) is 87.9 Å². The van der Waals surface area contributed by atoms with Crippen molar-refractivity contribution < 1.29 is 28.2 Å². The molecule has 2 saturated carbocycles. The number of fused-ring (bicyclic) bond motifs is 2. The Hall–Kier alpha value is -3.29. The summed E-state index contributed by atoms with van der Waals surface area (Å²) >= 11 is 0. The Labute approximate surface area is 209 Å². The summed E-state index contributed by atoms with van der Waals surface area (Å²) in [6, 6.07) is 23.1. The molecule has 0 aromatic heterocycles. The number of carbonyl (C=O) groups is 2. The Morgan fingerprint density at radius 1 is 1.00 bits per heavy atom. The summed E-state index contributed by atoms with van der Waals surface area (Å²) in [6.07, 6.45) is -1.12. The molecule has 0 saturated heterocycles. The number of rotatable bonds is 8. The third kappa shape index (κ3) is 3.96. The maximum Gasteiger partial charge on any atom is 0.344 e. The molecule has 0 heterocycles. The van der Waals surface area contributed by atoms with Crippen LogP contribution in [0.25, 0.3) is 10.8 Å².